The Kier molecular flexibility index (Phi) is 2.93. The molecule has 1 unspecified atom stereocenters. The second kappa shape index (κ2) is 4.63. The fourth-order valence-corrected chi connectivity index (χ4v) is 2.69. The molecular weight excluding hydrogens is 258 g/mol. The largest absolute Gasteiger partial charge is 0.469 e. The normalized spacial score (nSPS) is 18.8. The molecule has 3 rings (SSSR count). The number of ether oxygens (including phenoxy) is 1. The van der Waals surface area contributed by atoms with Crippen molar-refractivity contribution in [1.82, 2.24) is 9.78 Å². The summed E-state index contributed by atoms with van der Waals surface area (Å²) in [6.07, 6.45) is 1.96. The van der Waals surface area contributed by atoms with Crippen LogP contribution >= 0.6 is 0 Å². The number of fused-ring (bicyclic) bond motifs is 1. The van der Waals surface area contributed by atoms with Crippen LogP contribution < -0.4 is 4.90 Å². The van der Waals surface area contributed by atoms with E-state index < -0.39 is 5.92 Å². The highest BCUT2D eigenvalue weighted by atomic mass is 16.5. The second-order valence-electron chi connectivity index (χ2n) is 4.91. The summed E-state index contributed by atoms with van der Waals surface area (Å²) >= 11 is 0. The average Bonchev–Trinajstić information content (AvgIpc) is 3.02. The molecule has 0 aliphatic carbocycles. The van der Waals surface area contributed by atoms with Crippen molar-refractivity contribution < 1.29 is 14.3 Å². The number of rotatable bonds is 2. The predicted molar refractivity (Wildman–Crippen MR) is 73.2 cm³/mol. The molecule has 6 nitrogen and oxygen atoms in total. The molecule has 1 saturated heterocycles. The van der Waals surface area contributed by atoms with Gasteiger partial charge in [0.05, 0.1) is 30.4 Å². The molecule has 1 aliphatic heterocycles. The minimum Gasteiger partial charge on any atom is -0.469 e. The lowest BCUT2D eigenvalue weighted by atomic mass is 10.1. The summed E-state index contributed by atoms with van der Waals surface area (Å²) in [7, 11) is 3.18. The van der Waals surface area contributed by atoms with E-state index in [-0.39, 0.29) is 18.3 Å². The van der Waals surface area contributed by atoms with Gasteiger partial charge in [-0.3, -0.25) is 14.3 Å². The zero-order chi connectivity index (χ0) is 14.3. The Morgan fingerprint density at radius 1 is 1.45 bits per heavy atom. The number of carbonyl (C=O) groups excluding carboxylic acids is 2. The van der Waals surface area contributed by atoms with Crippen molar-refractivity contribution in [2.75, 3.05) is 18.6 Å². The molecule has 2 aromatic rings. The van der Waals surface area contributed by atoms with Gasteiger partial charge in [0.1, 0.15) is 0 Å². The van der Waals surface area contributed by atoms with E-state index in [1.807, 2.05) is 25.2 Å². The minimum absolute atomic E-state index is 0.0610. The topological polar surface area (TPSA) is 64.4 Å². The first kappa shape index (κ1) is 12.7. The lowest BCUT2D eigenvalue weighted by molar-refractivity contribution is -0.145. The summed E-state index contributed by atoms with van der Waals surface area (Å²) in [6, 6.07) is 5.71. The third-order valence-electron chi connectivity index (χ3n) is 3.69. The molecule has 1 amide bonds. The first-order valence-electron chi connectivity index (χ1n) is 6.40. The van der Waals surface area contributed by atoms with E-state index >= 15 is 0 Å². The van der Waals surface area contributed by atoms with E-state index in [0.29, 0.717) is 6.54 Å². The fraction of sp³-hybridized carbons (Fsp3) is 0.357. The van der Waals surface area contributed by atoms with Crippen molar-refractivity contribution in [3.8, 4) is 0 Å². The molecule has 1 aromatic heterocycles. The third kappa shape index (κ3) is 1.84. The number of anilines is 1. The second-order valence-corrected chi connectivity index (χ2v) is 4.91. The van der Waals surface area contributed by atoms with Gasteiger partial charge in [-0.25, -0.2) is 0 Å². The molecule has 0 N–H and O–H groups in total. The van der Waals surface area contributed by atoms with Crippen LogP contribution in [-0.2, 0) is 21.4 Å². The molecule has 104 valence electrons. The highest BCUT2D eigenvalue weighted by molar-refractivity contribution is 6.05. The molecule has 1 fully saturated rings. The zero-order valence-electron chi connectivity index (χ0n) is 11.4. The quantitative estimate of drug-likeness (QED) is 0.769. The van der Waals surface area contributed by atoms with Crippen LogP contribution in [0, 0.1) is 5.92 Å². The lowest BCUT2D eigenvalue weighted by Crippen LogP contribution is -2.26. The number of aryl methyl sites for hydroxylation is 1. The summed E-state index contributed by atoms with van der Waals surface area (Å²) in [5.41, 5.74) is 1.69. The lowest BCUT2D eigenvalue weighted by Gasteiger charge is -2.18. The molecule has 1 aromatic carbocycles. The van der Waals surface area contributed by atoms with Crippen molar-refractivity contribution in [3.63, 3.8) is 0 Å². The highest BCUT2D eigenvalue weighted by Crippen LogP contribution is 2.31. The maximum atomic E-state index is 12.2. The van der Waals surface area contributed by atoms with E-state index in [4.69, 9.17) is 4.74 Å². The van der Waals surface area contributed by atoms with Crippen molar-refractivity contribution >= 4 is 28.5 Å². The van der Waals surface area contributed by atoms with Crippen LogP contribution in [0.25, 0.3) is 10.9 Å². The molecule has 0 saturated carbocycles. The first-order valence-corrected chi connectivity index (χ1v) is 6.40. The van der Waals surface area contributed by atoms with Crippen LogP contribution in [-0.4, -0.2) is 35.3 Å². The van der Waals surface area contributed by atoms with Gasteiger partial charge in [0.15, 0.2) is 0 Å². The van der Waals surface area contributed by atoms with Crippen LogP contribution in [0.3, 0.4) is 0 Å². The van der Waals surface area contributed by atoms with Crippen molar-refractivity contribution in [2.24, 2.45) is 13.0 Å². The summed E-state index contributed by atoms with van der Waals surface area (Å²) in [6.45, 7) is 0.357. The Morgan fingerprint density at radius 2 is 2.25 bits per heavy atom. The standard InChI is InChI=1S/C14H15N3O3/c1-16-13-9(7-15-16)4-3-5-11(13)17-8-10(6-12(17)18)14(19)20-2/h3-5,7,10H,6,8H2,1-2H3. The molecule has 2 heterocycles. The van der Waals surface area contributed by atoms with Gasteiger partial charge < -0.3 is 9.64 Å². The van der Waals surface area contributed by atoms with Gasteiger partial charge in [-0.2, -0.15) is 5.10 Å². The Morgan fingerprint density at radius 3 is 3.00 bits per heavy atom. The van der Waals surface area contributed by atoms with Crippen LogP contribution in [0.5, 0.6) is 0 Å². The average molecular weight is 273 g/mol. The van der Waals surface area contributed by atoms with E-state index in [1.54, 1.807) is 15.8 Å². The van der Waals surface area contributed by atoms with E-state index in [1.165, 1.54) is 7.11 Å². The van der Waals surface area contributed by atoms with Gasteiger partial charge in [-0.1, -0.05) is 12.1 Å². The number of aromatic nitrogens is 2. The van der Waals surface area contributed by atoms with Gasteiger partial charge in [-0.05, 0) is 6.07 Å². The molecule has 1 atom stereocenters. The van der Waals surface area contributed by atoms with Crippen molar-refractivity contribution in [1.29, 1.82) is 0 Å². The maximum absolute atomic E-state index is 12.2. The number of amides is 1. The van der Waals surface area contributed by atoms with Crippen LogP contribution in [0.1, 0.15) is 6.42 Å². The number of esters is 1. The van der Waals surface area contributed by atoms with Crippen molar-refractivity contribution in [3.05, 3.63) is 24.4 Å². The van der Waals surface area contributed by atoms with E-state index in [2.05, 4.69) is 5.10 Å². The smallest absolute Gasteiger partial charge is 0.311 e. The molecule has 1 aliphatic rings. The van der Waals surface area contributed by atoms with Crippen LogP contribution in [0.4, 0.5) is 5.69 Å². The SMILES string of the molecule is COC(=O)C1CC(=O)N(c2cccc3cnn(C)c23)C1. The van der Waals surface area contributed by atoms with Gasteiger partial charge >= 0.3 is 5.97 Å². The molecule has 0 spiro atoms. The molecular formula is C14H15N3O3. The number of benzene rings is 1. The summed E-state index contributed by atoms with van der Waals surface area (Å²) in [5, 5.41) is 5.18. The van der Waals surface area contributed by atoms with Gasteiger partial charge in [0.25, 0.3) is 0 Å². The van der Waals surface area contributed by atoms with Gasteiger partial charge in [-0.15, -0.1) is 0 Å². The number of carbonyl (C=O) groups is 2. The summed E-state index contributed by atoms with van der Waals surface area (Å²) < 4.78 is 6.47. The van der Waals surface area contributed by atoms with Crippen LogP contribution in [0.15, 0.2) is 24.4 Å². The summed E-state index contributed by atoms with van der Waals surface area (Å²) in [4.78, 5) is 25.4. The Hall–Kier alpha value is -2.37. The Labute approximate surface area is 115 Å². The van der Waals surface area contributed by atoms with Crippen LogP contribution in [0.2, 0.25) is 0 Å². The molecule has 0 bridgehead atoms. The molecule has 20 heavy (non-hydrogen) atoms. The number of para-hydroxylation sites is 1. The third-order valence-corrected chi connectivity index (χ3v) is 3.69. The first-order chi connectivity index (χ1) is 9.61. The Bertz CT molecular complexity index is 692. The van der Waals surface area contributed by atoms with Gasteiger partial charge in [0, 0.05) is 25.4 Å². The number of methoxy groups -OCH3 is 1. The van der Waals surface area contributed by atoms with E-state index in [0.717, 1.165) is 16.6 Å². The number of hydrogen-bond donors (Lipinski definition) is 0. The number of hydrogen-bond acceptors (Lipinski definition) is 4. The highest BCUT2D eigenvalue weighted by Gasteiger charge is 2.36. The summed E-state index contributed by atoms with van der Waals surface area (Å²) in [5.74, 6) is -0.789. The molecule has 6 heteroatoms. The zero-order valence-corrected chi connectivity index (χ0v) is 11.4. The predicted octanol–water partition coefficient (Wildman–Crippen LogP) is 1.10. The maximum Gasteiger partial charge on any atom is 0.311 e. The molecule has 0 radical (unpaired) electrons. The number of nitrogens with zero attached hydrogens (tertiary/aromatic N) is 3. The monoisotopic (exact) mass is 273 g/mol. The fourth-order valence-electron chi connectivity index (χ4n) is 2.69. The van der Waals surface area contributed by atoms with E-state index in [9.17, 15) is 9.59 Å². The minimum atomic E-state index is -0.393. The Balaban J connectivity index is 2.01. The van der Waals surface area contributed by atoms with Crippen molar-refractivity contribution in [2.45, 2.75) is 6.42 Å². The van der Waals surface area contributed by atoms with Gasteiger partial charge in [0.2, 0.25) is 5.91 Å².